The lowest BCUT2D eigenvalue weighted by atomic mass is 10.0. The molecule has 0 aliphatic carbocycles. The number of phenols is 1. The third-order valence-corrected chi connectivity index (χ3v) is 4.37. The fourth-order valence-electron chi connectivity index (χ4n) is 2.64. The number of halogens is 1. The van der Waals surface area contributed by atoms with Crippen LogP contribution >= 0.6 is 0 Å². The van der Waals surface area contributed by atoms with Gasteiger partial charge in [0.05, 0.1) is 17.6 Å². The van der Waals surface area contributed by atoms with Crippen molar-refractivity contribution in [3.8, 4) is 11.5 Å². The van der Waals surface area contributed by atoms with Crippen molar-refractivity contribution in [3.63, 3.8) is 0 Å². The Morgan fingerprint density at radius 1 is 1.19 bits per heavy atom. The van der Waals surface area contributed by atoms with Crippen LogP contribution in [0.1, 0.15) is 13.8 Å². The van der Waals surface area contributed by atoms with E-state index in [-0.39, 0.29) is 22.9 Å². The zero-order chi connectivity index (χ0) is 19.3. The first-order valence-corrected chi connectivity index (χ1v) is 9.51. The number of fused-ring (bicyclic) bond motifs is 1. The molecule has 9 heteroatoms. The number of nitrogens with one attached hydrogen (secondary N) is 1. The first-order valence-electron chi connectivity index (χ1n) is 7.62. The average molecular weight is 380 g/mol. The van der Waals surface area contributed by atoms with Crippen LogP contribution in [0.3, 0.4) is 0 Å². The number of anilines is 3. The smallest absolute Gasteiger partial charge is 0.275 e. The van der Waals surface area contributed by atoms with Crippen LogP contribution in [0.4, 0.5) is 21.5 Å². The Hall–Kier alpha value is -2.81. The summed E-state index contributed by atoms with van der Waals surface area (Å²) in [4.78, 5) is 14.1. The molecule has 0 fully saturated rings. The number of hydrogen-bond acceptors (Lipinski definition) is 5. The van der Waals surface area contributed by atoms with E-state index in [9.17, 15) is 22.7 Å². The van der Waals surface area contributed by atoms with E-state index in [0.29, 0.717) is 5.69 Å². The van der Waals surface area contributed by atoms with Crippen molar-refractivity contribution in [3.05, 3.63) is 42.2 Å². The van der Waals surface area contributed by atoms with Gasteiger partial charge in [0.15, 0.2) is 5.60 Å². The number of rotatable bonds is 3. The highest BCUT2D eigenvalue weighted by Crippen LogP contribution is 2.46. The van der Waals surface area contributed by atoms with Crippen molar-refractivity contribution >= 4 is 33.0 Å². The highest BCUT2D eigenvalue weighted by Gasteiger charge is 2.42. The number of amides is 1. The number of ether oxygens (including phenoxy) is 1. The fraction of sp³-hybridized carbons (Fsp3) is 0.235. The molecule has 1 amide bonds. The van der Waals surface area contributed by atoms with Crippen LogP contribution in [0.15, 0.2) is 36.4 Å². The molecule has 1 aliphatic rings. The van der Waals surface area contributed by atoms with E-state index < -0.39 is 27.3 Å². The molecule has 0 bridgehead atoms. The topological polar surface area (TPSA) is 95.9 Å². The lowest BCUT2D eigenvalue weighted by molar-refractivity contribution is -0.131. The highest BCUT2D eigenvalue weighted by atomic mass is 32.2. The predicted octanol–water partition coefficient (Wildman–Crippen LogP) is 2.74. The van der Waals surface area contributed by atoms with Gasteiger partial charge in [-0.25, -0.2) is 12.8 Å². The second-order valence-corrected chi connectivity index (χ2v) is 8.19. The van der Waals surface area contributed by atoms with Crippen molar-refractivity contribution in [1.29, 1.82) is 0 Å². The summed E-state index contributed by atoms with van der Waals surface area (Å²) in [6.07, 6.45) is 0.949. The quantitative estimate of drug-likeness (QED) is 0.799. The predicted molar refractivity (Wildman–Crippen MR) is 94.8 cm³/mol. The molecular formula is C17H17FN2O5S. The number of hydrogen-bond donors (Lipinski definition) is 2. The molecule has 3 rings (SSSR count). The molecule has 2 aromatic rings. The molecule has 1 aliphatic heterocycles. The maximum Gasteiger partial charge on any atom is 0.275 e. The monoisotopic (exact) mass is 380 g/mol. The van der Waals surface area contributed by atoms with Crippen LogP contribution in [0.2, 0.25) is 0 Å². The Morgan fingerprint density at radius 3 is 2.38 bits per heavy atom. The van der Waals surface area contributed by atoms with E-state index in [4.69, 9.17) is 4.74 Å². The molecule has 0 unspecified atom stereocenters. The second kappa shape index (κ2) is 5.87. The zero-order valence-electron chi connectivity index (χ0n) is 14.3. The first-order chi connectivity index (χ1) is 12.0. The Labute approximate surface area is 150 Å². The number of aromatic hydroxyl groups is 1. The lowest BCUT2D eigenvalue weighted by Crippen LogP contribution is -2.50. The molecule has 26 heavy (non-hydrogen) atoms. The van der Waals surface area contributed by atoms with Crippen molar-refractivity contribution in [1.82, 2.24) is 0 Å². The van der Waals surface area contributed by atoms with Gasteiger partial charge in [-0.05, 0) is 38.1 Å². The zero-order valence-corrected chi connectivity index (χ0v) is 15.1. The maximum atomic E-state index is 13.2. The second-order valence-electron chi connectivity index (χ2n) is 6.44. The van der Waals surface area contributed by atoms with Crippen molar-refractivity contribution < 1.29 is 27.4 Å². The molecule has 0 aromatic heterocycles. The number of sulfonamides is 1. The summed E-state index contributed by atoms with van der Waals surface area (Å²) in [6.45, 7) is 3.12. The van der Waals surface area contributed by atoms with E-state index in [0.717, 1.165) is 6.26 Å². The van der Waals surface area contributed by atoms with Crippen LogP contribution in [0.5, 0.6) is 11.5 Å². The SMILES string of the molecule is CC1(C)Oc2cc(NS(C)(=O)=O)c(O)cc2N(c2ccc(F)cc2)C1=O. The van der Waals surface area contributed by atoms with Gasteiger partial charge in [0.1, 0.15) is 17.3 Å². The van der Waals surface area contributed by atoms with Crippen LogP contribution in [-0.2, 0) is 14.8 Å². The third-order valence-electron chi connectivity index (χ3n) is 3.78. The largest absolute Gasteiger partial charge is 0.506 e. The molecule has 0 saturated carbocycles. The number of carbonyl (C=O) groups is 1. The summed E-state index contributed by atoms with van der Waals surface area (Å²) in [6, 6.07) is 7.81. The molecule has 2 N–H and O–H groups in total. The average Bonchev–Trinajstić information content (AvgIpc) is 2.50. The fourth-order valence-corrected chi connectivity index (χ4v) is 3.20. The van der Waals surface area contributed by atoms with Gasteiger partial charge < -0.3 is 9.84 Å². The van der Waals surface area contributed by atoms with Gasteiger partial charge in [-0.3, -0.25) is 14.4 Å². The van der Waals surface area contributed by atoms with Crippen molar-refractivity contribution in [2.75, 3.05) is 15.9 Å². The van der Waals surface area contributed by atoms with Crippen molar-refractivity contribution in [2.24, 2.45) is 0 Å². The number of phenolic OH excluding ortho intramolecular Hbond substituents is 1. The number of nitrogens with zero attached hydrogens (tertiary/aromatic N) is 1. The number of carbonyl (C=O) groups excluding carboxylic acids is 1. The van der Waals surface area contributed by atoms with Crippen LogP contribution < -0.4 is 14.4 Å². The Bertz CT molecular complexity index is 987. The molecule has 0 atom stereocenters. The summed E-state index contributed by atoms with van der Waals surface area (Å²) in [5.41, 5.74) is -0.717. The minimum Gasteiger partial charge on any atom is -0.506 e. The molecule has 0 spiro atoms. The molecule has 2 aromatic carbocycles. The molecule has 7 nitrogen and oxygen atoms in total. The summed E-state index contributed by atoms with van der Waals surface area (Å²) in [5.74, 6) is -1.05. The van der Waals surface area contributed by atoms with Crippen molar-refractivity contribution in [2.45, 2.75) is 19.4 Å². The highest BCUT2D eigenvalue weighted by molar-refractivity contribution is 7.92. The third kappa shape index (κ3) is 3.30. The van der Waals surface area contributed by atoms with Gasteiger partial charge in [0.25, 0.3) is 5.91 Å². The molecule has 0 radical (unpaired) electrons. The van der Waals surface area contributed by atoms with Gasteiger partial charge in [-0.15, -0.1) is 0 Å². The lowest BCUT2D eigenvalue weighted by Gasteiger charge is -2.39. The molecule has 0 saturated heterocycles. The van der Waals surface area contributed by atoms with E-state index in [2.05, 4.69) is 4.72 Å². The Kier molecular flexibility index (Phi) is 4.06. The summed E-state index contributed by atoms with van der Waals surface area (Å²) in [5, 5.41) is 10.2. The maximum absolute atomic E-state index is 13.2. The molecular weight excluding hydrogens is 363 g/mol. The first kappa shape index (κ1) is 18.0. The van der Waals surface area contributed by atoms with Gasteiger partial charge in [-0.1, -0.05) is 0 Å². The normalized spacial score (nSPS) is 16.0. The minimum absolute atomic E-state index is 0.0737. The van der Waals surface area contributed by atoms with E-state index >= 15 is 0 Å². The van der Waals surface area contributed by atoms with E-state index in [1.165, 1.54) is 41.3 Å². The van der Waals surface area contributed by atoms with E-state index in [1.54, 1.807) is 13.8 Å². The Balaban J connectivity index is 2.18. The van der Waals surface area contributed by atoms with Crippen LogP contribution in [0, 0.1) is 5.82 Å². The molecule has 1 heterocycles. The molecule has 138 valence electrons. The van der Waals surface area contributed by atoms with Gasteiger partial charge in [0.2, 0.25) is 10.0 Å². The standard InChI is InChI=1S/C17H17FN2O5S/c1-17(2)16(22)20(11-6-4-10(18)5-7-11)13-9-14(21)12(8-15(13)25-17)19-26(3,23)24/h4-9,19,21H,1-3H3. The summed E-state index contributed by atoms with van der Waals surface area (Å²) in [7, 11) is -3.62. The van der Waals surface area contributed by atoms with Gasteiger partial charge in [0, 0.05) is 17.8 Å². The summed E-state index contributed by atoms with van der Waals surface area (Å²) >= 11 is 0. The summed E-state index contributed by atoms with van der Waals surface area (Å²) < 4.78 is 44.0. The van der Waals surface area contributed by atoms with Gasteiger partial charge >= 0.3 is 0 Å². The number of benzene rings is 2. The van der Waals surface area contributed by atoms with Gasteiger partial charge in [-0.2, -0.15) is 0 Å². The van der Waals surface area contributed by atoms with E-state index in [1.807, 2.05) is 0 Å². The van der Waals surface area contributed by atoms with Crippen LogP contribution in [0.25, 0.3) is 0 Å². The Morgan fingerprint density at radius 2 is 1.81 bits per heavy atom. The van der Waals surface area contributed by atoms with Crippen LogP contribution in [-0.4, -0.2) is 31.3 Å². The minimum atomic E-state index is -3.62.